The lowest BCUT2D eigenvalue weighted by molar-refractivity contribution is -0.122. The van der Waals surface area contributed by atoms with Gasteiger partial charge in [0.15, 0.2) is 0 Å². The number of halogens is 1. The first-order chi connectivity index (χ1) is 10.6. The molecule has 110 valence electrons. The van der Waals surface area contributed by atoms with Gasteiger partial charge in [-0.1, -0.05) is 78.0 Å². The van der Waals surface area contributed by atoms with Crippen molar-refractivity contribution in [3.63, 3.8) is 0 Å². The van der Waals surface area contributed by atoms with E-state index in [9.17, 15) is 4.79 Å². The Morgan fingerprint density at radius 2 is 1.77 bits per heavy atom. The average molecular weight is 346 g/mol. The van der Waals surface area contributed by atoms with E-state index in [1.807, 2.05) is 48.5 Å². The Kier molecular flexibility index (Phi) is 4.62. The third kappa shape index (κ3) is 3.40. The van der Waals surface area contributed by atoms with Gasteiger partial charge in [-0.3, -0.25) is 9.69 Å². The molecule has 0 aromatic heterocycles. The smallest absolute Gasteiger partial charge is 0.266 e. The van der Waals surface area contributed by atoms with Gasteiger partial charge in [-0.15, -0.1) is 0 Å². The number of carbonyl (C=O) groups is 1. The van der Waals surface area contributed by atoms with Crippen LogP contribution in [0.2, 0.25) is 5.02 Å². The second-order valence-corrected chi connectivity index (χ2v) is 6.92. The van der Waals surface area contributed by atoms with Gasteiger partial charge in [-0.05, 0) is 29.3 Å². The van der Waals surface area contributed by atoms with E-state index in [4.69, 9.17) is 23.8 Å². The van der Waals surface area contributed by atoms with Gasteiger partial charge in [0.05, 0.1) is 11.4 Å². The van der Waals surface area contributed by atoms with E-state index >= 15 is 0 Å². The number of thiocarbonyl (C=S) groups is 1. The molecule has 0 bridgehead atoms. The Morgan fingerprint density at radius 1 is 1.09 bits per heavy atom. The number of carbonyl (C=O) groups excluding carboxylic acids is 1. The summed E-state index contributed by atoms with van der Waals surface area (Å²) < 4.78 is 0.592. The first kappa shape index (κ1) is 15.3. The van der Waals surface area contributed by atoms with Crippen LogP contribution in [0.1, 0.15) is 11.1 Å². The van der Waals surface area contributed by atoms with E-state index < -0.39 is 0 Å². The molecule has 0 spiro atoms. The summed E-state index contributed by atoms with van der Waals surface area (Å²) in [5, 5.41) is 0.675. The fourth-order valence-electron chi connectivity index (χ4n) is 2.11. The van der Waals surface area contributed by atoms with Crippen LogP contribution in [0.3, 0.4) is 0 Å². The summed E-state index contributed by atoms with van der Waals surface area (Å²) in [6.07, 6.45) is 1.85. The molecular weight excluding hydrogens is 334 g/mol. The third-order valence-corrected chi connectivity index (χ3v) is 4.85. The van der Waals surface area contributed by atoms with Crippen molar-refractivity contribution >= 4 is 51.9 Å². The third-order valence-electron chi connectivity index (χ3n) is 3.22. The summed E-state index contributed by atoms with van der Waals surface area (Å²) in [7, 11) is 0. The number of hydrogen-bond acceptors (Lipinski definition) is 3. The van der Waals surface area contributed by atoms with Crippen LogP contribution >= 0.6 is 35.6 Å². The van der Waals surface area contributed by atoms with Crippen LogP contribution in [0.4, 0.5) is 0 Å². The van der Waals surface area contributed by atoms with Gasteiger partial charge in [-0.2, -0.15) is 0 Å². The van der Waals surface area contributed by atoms with Crippen LogP contribution in [0, 0.1) is 0 Å². The van der Waals surface area contributed by atoms with Crippen molar-refractivity contribution in [1.29, 1.82) is 0 Å². The number of benzene rings is 2. The van der Waals surface area contributed by atoms with E-state index in [-0.39, 0.29) is 5.91 Å². The molecule has 0 radical (unpaired) electrons. The number of rotatable bonds is 3. The topological polar surface area (TPSA) is 20.3 Å². The molecule has 22 heavy (non-hydrogen) atoms. The number of thioether (sulfide) groups is 1. The fourth-order valence-corrected chi connectivity index (χ4v) is 3.49. The molecule has 0 unspecified atom stereocenters. The molecule has 1 saturated heterocycles. The molecule has 2 aromatic carbocycles. The van der Waals surface area contributed by atoms with Gasteiger partial charge in [0.25, 0.3) is 5.91 Å². The first-order valence-corrected chi connectivity index (χ1v) is 8.28. The van der Waals surface area contributed by atoms with Crippen molar-refractivity contribution < 1.29 is 4.79 Å². The second-order valence-electron chi connectivity index (χ2n) is 4.81. The highest BCUT2D eigenvalue weighted by atomic mass is 35.5. The van der Waals surface area contributed by atoms with Crippen LogP contribution in [-0.2, 0) is 11.3 Å². The number of hydrogen-bond donors (Lipinski definition) is 0. The molecule has 0 saturated carbocycles. The van der Waals surface area contributed by atoms with Crippen LogP contribution in [0.25, 0.3) is 6.08 Å². The molecule has 1 aliphatic heterocycles. The van der Waals surface area contributed by atoms with E-state index in [0.717, 1.165) is 11.1 Å². The maximum Gasteiger partial charge on any atom is 0.266 e. The molecule has 1 heterocycles. The zero-order chi connectivity index (χ0) is 15.5. The first-order valence-electron chi connectivity index (χ1n) is 6.68. The molecule has 1 amide bonds. The summed E-state index contributed by atoms with van der Waals surface area (Å²) in [5.74, 6) is -0.0474. The van der Waals surface area contributed by atoms with Crippen molar-refractivity contribution in [1.82, 2.24) is 4.90 Å². The van der Waals surface area contributed by atoms with Crippen LogP contribution in [0.15, 0.2) is 59.5 Å². The van der Waals surface area contributed by atoms with Gasteiger partial charge in [-0.25, -0.2) is 0 Å². The predicted molar refractivity (Wildman–Crippen MR) is 96.6 cm³/mol. The molecular formula is C17H12ClNOS2. The molecule has 0 atom stereocenters. The van der Waals surface area contributed by atoms with E-state index in [0.29, 0.717) is 20.8 Å². The summed E-state index contributed by atoms with van der Waals surface area (Å²) in [4.78, 5) is 14.8. The van der Waals surface area contributed by atoms with Crippen molar-refractivity contribution in [2.75, 3.05) is 0 Å². The standard InChI is InChI=1S/C17H12ClNOS2/c18-14-8-6-12(7-9-14)10-15-16(20)19(17(21)22-15)11-13-4-2-1-3-5-13/h1-10H,11H2/b15-10+. The highest BCUT2D eigenvalue weighted by molar-refractivity contribution is 8.26. The maximum atomic E-state index is 12.5. The van der Waals surface area contributed by atoms with E-state index in [1.165, 1.54) is 11.8 Å². The zero-order valence-electron chi connectivity index (χ0n) is 11.5. The van der Waals surface area contributed by atoms with Gasteiger partial charge in [0.2, 0.25) is 0 Å². The van der Waals surface area contributed by atoms with Gasteiger partial charge >= 0.3 is 0 Å². The molecule has 0 N–H and O–H groups in total. The molecule has 5 heteroatoms. The maximum absolute atomic E-state index is 12.5. The Morgan fingerprint density at radius 3 is 2.45 bits per heavy atom. The number of amides is 1. The van der Waals surface area contributed by atoms with Gasteiger partial charge < -0.3 is 0 Å². The SMILES string of the molecule is O=C1/C(=C\c2ccc(Cl)cc2)SC(=S)N1Cc1ccccc1. The summed E-state index contributed by atoms with van der Waals surface area (Å²) in [5.41, 5.74) is 2.00. The lowest BCUT2D eigenvalue weighted by Crippen LogP contribution is -2.27. The predicted octanol–water partition coefficient (Wildman–Crippen LogP) is 4.74. The van der Waals surface area contributed by atoms with Gasteiger partial charge in [0.1, 0.15) is 4.32 Å². The molecule has 2 aromatic rings. The average Bonchev–Trinajstić information content (AvgIpc) is 2.78. The minimum Gasteiger partial charge on any atom is -0.288 e. The quantitative estimate of drug-likeness (QED) is 0.592. The lowest BCUT2D eigenvalue weighted by atomic mass is 10.2. The van der Waals surface area contributed by atoms with Crippen LogP contribution in [0.5, 0.6) is 0 Å². The Bertz CT molecular complexity index is 741. The minimum atomic E-state index is -0.0474. The van der Waals surface area contributed by atoms with Crippen molar-refractivity contribution in [2.45, 2.75) is 6.54 Å². The molecule has 1 fully saturated rings. The normalized spacial score (nSPS) is 16.6. The zero-order valence-corrected chi connectivity index (χ0v) is 13.9. The molecule has 0 aliphatic carbocycles. The Labute approximate surface area is 143 Å². The van der Waals surface area contributed by atoms with Gasteiger partial charge in [0, 0.05) is 5.02 Å². The van der Waals surface area contributed by atoms with Crippen molar-refractivity contribution in [2.24, 2.45) is 0 Å². The largest absolute Gasteiger partial charge is 0.288 e. The lowest BCUT2D eigenvalue weighted by Gasteiger charge is -2.14. The molecule has 2 nitrogen and oxygen atoms in total. The highest BCUT2D eigenvalue weighted by Gasteiger charge is 2.31. The monoisotopic (exact) mass is 345 g/mol. The second kappa shape index (κ2) is 6.65. The van der Waals surface area contributed by atoms with Crippen molar-refractivity contribution in [3.05, 3.63) is 75.7 Å². The Hall–Kier alpha value is -1.62. The van der Waals surface area contributed by atoms with E-state index in [2.05, 4.69) is 0 Å². The number of nitrogens with zero attached hydrogens (tertiary/aromatic N) is 1. The molecule has 3 rings (SSSR count). The summed E-state index contributed by atoms with van der Waals surface area (Å²) >= 11 is 12.5. The van der Waals surface area contributed by atoms with E-state index in [1.54, 1.807) is 17.0 Å². The summed E-state index contributed by atoms with van der Waals surface area (Å²) in [6, 6.07) is 17.2. The highest BCUT2D eigenvalue weighted by Crippen LogP contribution is 2.33. The summed E-state index contributed by atoms with van der Waals surface area (Å²) in [6.45, 7) is 0.503. The van der Waals surface area contributed by atoms with Crippen molar-refractivity contribution in [3.8, 4) is 0 Å². The Balaban J connectivity index is 1.80. The minimum absolute atomic E-state index is 0.0474. The fraction of sp³-hybridized carbons (Fsp3) is 0.0588. The molecule has 1 aliphatic rings. The van der Waals surface area contributed by atoms with Crippen LogP contribution < -0.4 is 0 Å². The van der Waals surface area contributed by atoms with Crippen LogP contribution in [-0.4, -0.2) is 15.1 Å².